The molecule has 0 unspecified atom stereocenters. The largest absolute Gasteiger partial charge is 0.497 e. The molecule has 3 N–H and O–H groups in total. The number of guanidine groups is 1. The molecule has 1 aromatic carbocycles. The third-order valence-corrected chi connectivity index (χ3v) is 2.07. The highest BCUT2D eigenvalue weighted by Crippen LogP contribution is 2.14. The topological polar surface area (TPSA) is 71.5 Å². The average Bonchev–Trinajstić information content (AvgIpc) is 2.27. The van der Waals surface area contributed by atoms with E-state index in [4.69, 9.17) is 27.5 Å². The van der Waals surface area contributed by atoms with Gasteiger partial charge >= 0.3 is 0 Å². The van der Waals surface area contributed by atoms with Crippen molar-refractivity contribution in [3.63, 3.8) is 0 Å². The minimum Gasteiger partial charge on any atom is -0.497 e. The van der Waals surface area contributed by atoms with Crippen LogP contribution in [0.5, 0.6) is 5.75 Å². The van der Waals surface area contributed by atoms with Gasteiger partial charge in [0.15, 0.2) is 0 Å². The third kappa shape index (κ3) is 4.28. The van der Waals surface area contributed by atoms with Crippen molar-refractivity contribution in [2.24, 2.45) is 10.7 Å². The predicted octanol–water partition coefficient (Wildman–Crippen LogP) is 2.52. The first-order valence-electron chi connectivity index (χ1n) is 4.94. The van der Waals surface area contributed by atoms with Crippen molar-refractivity contribution in [1.82, 2.24) is 0 Å². The second-order valence-corrected chi connectivity index (χ2v) is 3.94. The Morgan fingerprint density at radius 1 is 1.41 bits per heavy atom. The highest BCUT2D eigenvalue weighted by molar-refractivity contribution is 6.32. The SMILES string of the molecule is COc1ccc(C(/C=C(\C)Cl)=N/C(=N)N)cc1. The molecule has 0 aromatic heterocycles. The van der Waals surface area contributed by atoms with Crippen LogP contribution in [-0.4, -0.2) is 18.8 Å². The normalized spacial score (nSPS) is 12.4. The highest BCUT2D eigenvalue weighted by Gasteiger charge is 2.02. The summed E-state index contributed by atoms with van der Waals surface area (Å²) in [4.78, 5) is 3.92. The molecule has 1 aromatic rings. The predicted molar refractivity (Wildman–Crippen MR) is 71.1 cm³/mol. The Morgan fingerprint density at radius 3 is 2.41 bits per heavy atom. The highest BCUT2D eigenvalue weighted by atomic mass is 35.5. The fourth-order valence-corrected chi connectivity index (χ4v) is 1.36. The summed E-state index contributed by atoms with van der Waals surface area (Å²) in [6.45, 7) is 1.74. The summed E-state index contributed by atoms with van der Waals surface area (Å²) in [6, 6.07) is 7.28. The zero-order chi connectivity index (χ0) is 12.8. The smallest absolute Gasteiger partial charge is 0.213 e. The first-order chi connectivity index (χ1) is 8.02. The van der Waals surface area contributed by atoms with Crippen LogP contribution in [-0.2, 0) is 0 Å². The molecule has 5 heteroatoms. The van der Waals surface area contributed by atoms with E-state index < -0.39 is 0 Å². The van der Waals surface area contributed by atoms with Crippen LogP contribution in [0.3, 0.4) is 0 Å². The van der Waals surface area contributed by atoms with Gasteiger partial charge in [0.25, 0.3) is 0 Å². The molecule has 0 aliphatic heterocycles. The quantitative estimate of drug-likeness (QED) is 0.640. The molecule has 1 rings (SSSR count). The molecule has 0 saturated carbocycles. The van der Waals surface area contributed by atoms with Gasteiger partial charge in [0, 0.05) is 10.6 Å². The second-order valence-electron chi connectivity index (χ2n) is 3.34. The van der Waals surface area contributed by atoms with Crippen molar-refractivity contribution < 1.29 is 4.74 Å². The second kappa shape index (κ2) is 6.06. The lowest BCUT2D eigenvalue weighted by atomic mass is 10.1. The van der Waals surface area contributed by atoms with E-state index in [2.05, 4.69) is 4.99 Å². The first kappa shape index (κ1) is 13.3. The van der Waals surface area contributed by atoms with E-state index in [1.807, 2.05) is 24.3 Å². The van der Waals surface area contributed by atoms with Crippen LogP contribution in [0.15, 0.2) is 40.4 Å². The molecule has 0 atom stereocenters. The van der Waals surface area contributed by atoms with E-state index >= 15 is 0 Å². The molecular formula is C12H14ClN3O. The van der Waals surface area contributed by atoms with Gasteiger partial charge in [-0.15, -0.1) is 0 Å². The van der Waals surface area contributed by atoms with Gasteiger partial charge in [0.2, 0.25) is 5.96 Å². The molecule has 0 fully saturated rings. The molecule has 0 spiro atoms. The van der Waals surface area contributed by atoms with Crippen molar-refractivity contribution >= 4 is 23.3 Å². The Balaban J connectivity index is 3.13. The number of methoxy groups -OCH3 is 1. The number of halogens is 1. The maximum atomic E-state index is 7.19. The Kier molecular flexibility index (Phi) is 4.72. The van der Waals surface area contributed by atoms with E-state index in [9.17, 15) is 0 Å². The Bertz CT molecular complexity index is 459. The molecule has 17 heavy (non-hydrogen) atoms. The molecule has 0 bridgehead atoms. The molecule has 0 amide bonds. The van der Waals surface area contributed by atoms with Crippen LogP contribution < -0.4 is 10.5 Å². The number of hydrogen-bond donors (Lipinski definition) is 2. The van der Waals surface area contributed by atoms with Gasteiger partial charge in [-0.05, 0) is 37.3 Å². The minimum absolute atomic E-state index is 0.259. The Hall–Kier alpha value is -1.81. The summed E-state index contributed by atoms with van der Waals surface area (Å²) in [7, 11) is 1.60. The Morgan fingerprint density at radius 2 is 2.00 bits per heavy atom. The van der Waals surface area contributed by atoms with E-state index in [0.29, 0.717) is 10.7 Å². The zero-order valence-corrected chi connectivity index (χ0v) is 10.5. The van der Waals surface area contributed by atoms with Gasteiger partial charge in [-0.2, -0.15) is 0 Å². The number of hydrogen-bond acceptors (Lipinski definition) is 2. The number of nitrogens with one attached hydrogen (secondary N) is 1. The van der Waals surface area contributed by atoms with Crippen molar-refractivity contribution in [3.8, 4) is 5.75 Å². The van der Waals surface area contributed by atoms with Crippen molar-refractivity contribution in [3.05, 3.63) is 40.9 Å². The molecule has 0 radical (unpaired) electrons. The fourth-order valence-electron chi connectivity index (χ4n) is 1.26. The maximum Gasteiger partial charge on any atom is 0.213 e. The number of aliphatic imine (C=N–C) groups is 1. The summed E-state index contributed by atoms with van der Waals surface area (Å²) in [5, 5.41) is 7.76. The monoisotopic (exact) mass is 251 g/mol. The minimum atomic E-state index is -0.259. The zero-order valence-electron chi connectivity index (χ0n) is 9.70. The molecular weight excluding hydrogens is 238 g/mol. The van der Waals surface area contributed by atoms with Crippen LogP contribution >= 0.6 is 11.6 Å². The number of rotatable bonds is 3. The summed E-state index contributed by atoms with van der Waals surface area (Å²) >= 11 is 5.81. The van der Waals surface area contributed by atoms with Crippen LogP contribution in [0.2, 0.25) is 0 Å². The number of ether oxygens (including phenoxy) is 1. The van der Waals surface area contributed by atoms with Gasteiger partial charge < -0.3 is 10.5 Å². The van der Waals surface area contributed by atoms with E-state index in [-0.39, 0.29) is 5.96 Å². The molecule has 0 saturated heterocycles. The van der Waals surface area contributed by atoms with Gasteiger partial charge in [-0.25, -0.2) is 4.99 Å². The summed E-state index contributed by atoms with van der Waals surface area (Å²) < 4.78 is 5.06. The van der Waals surface area contributed by atoms with Crippen LogP contribution in [0.4, 0.5) is 0 Å². The molecule has 4 nitrogen and oxygen atoms in total. The van der Waals surface area contributed by atoms with Crippen molar-refractivity contribution in [1.29, 1.82) is 5.41 Å². The van der Waals surface area contributed by atoms with Gasteiger partial charge in [-0.1, -0.05) is 11.6 Å². The van der Waals surface area contributed by atoms with Gasteiger partial charge in [0.1, 0.15) is 5.75 Å². The number of nitrogens with two attached hydrogens (primary N) is 1. The van der Waals surface area contributed by atoms with Gasteiger partial charge in [-0.3, -0.25) is 5.41 Å². The lowest BCUT2D eigenvalue weighted by Crippen LogP contribution is -2.10. The lowest BCUT2D eigenvalue weighted by Gasteiger charge is -2.04. The fraction of sp³-hybridized carbons (Fsp3) is 0.167. The van der Waals surface area contributed by atoms with E-state index in [1.165, 1.54) is 0 Å². The molecule has 0 heterocycles. The van der Waals surface area contributed by atoms with Crippen LogP contribution in [0.25, 0.3) is 0 Å². The van der Waals surface area contributed by atoms with Crippen LogP contribution in [0.1, 0.15) is 12.5 Å². The van der Waals surface area contributed by atoms with Crippen molar-refractivity contribution in [2.45, 2.75) is 6.92 Å². The molecule has 0 aliphatic carbocycles. The summed E-state index contributed by atoms with van der Waals surface area (Å²) in [6.07, 6.45) is 1.66. The summed E-state index contributed by atoms with van der Waals surface area (Å²) in [5.74, 6) is 0.493. The first-order valence-corrected chi connectivity index (χ1v) is 5.31. The van der Waals surface area contributed by atoms with E-state index in [0.717, 1.165) is 11.3 Å². The molecule has 90 valence electrons. The lowest BCUT2D eigenvalue weighted by molar-refractivity contribution is 0.415. The molecule has 0 aliphatic rings. The standard InChI is InChI=1S/C12H14ClN3O/c1-8(13)7-11(16-12(14)15)9-3-5-10(17-2)6-4-9/h3-7H,1-2H3,(H3,14,15)/b8-7+,16-11+. The van der Waals surface area contributed by atoms with Crippen LogP contribution in [0, 0.1) is 5.41 Å². The maximum absolute atomic E-state index is 7.19. The third-order valence-electron chi connectivity index (χ3n) is 1.96. The van der Waals surface area contributed by atoms with E-state index in [1.54, 1.807) is 20.1 Å². The average molecular weight is 252 g/mol. The van der Waals surface area contributed by atoms with Gasteiger partial charge in [0.05, 0.1) is 12.8 Å². The number of benzene rings is 1. The van der Waals surface area contributed by atoms with Crippen molar-refractivity contribution in [2.75, 3.05) is 7.11 Å². The number of allylic oxidation sites excluding steroid dienone is 2. The number of nitrogens with zero attached hydrogens (tertiary/aromatic N) is 1. The Labute approximate surface area is 105 Å². The summed E-state index contributed by atoms with van der Waals surface area (Å²) in [5.41, 5.74) is 6.63.